The molecule has 1 aromatic carbocycles. The van der Waals surface area contributed by atoms with Crippen LogP contribution in [-0.2, 0) is 11.2 Å². The molecule has 0 amide bonds. The Hall–Kier alpha value is -0.410. The van der Waals surface area contributed by atoms with Gasteiger partial charge in [-0.25, -0.2) is 4.39 Å². The van der Waals surface area contributed by atoms with E-state index in [0.717, 1.165) is 22.9 Å². The summed E-state index contributed by atoms with van der Waals surface area (Å²) in [5.41, 5.74) is 6.53. The molecular formula is C13H17BrFN. The second kappa shape index (κ2) is 3.81. The second-order valence-electron chi connectivity index (χ2n) is 5.18. The van der Waals surface area contributed by atoms with Gasteiger partial charge in [-0.2, -0.15) is 0 Å². The lowest BCUT2D eigenvalue weighted by Gasteiger charge is -2.39. The van der Waals surface area contributed by atoms with Gasteiger partial charge in [-0.05, 0) is 44.7 Å². The molecule has 88 valence electrons. The average Bonchev–Trinajstić information content (AvgIpc) is 2.12. The number of nitrogens with two attached hydrogens (primary N) is 1. The third-order valence-electron chi connectivity index (χ3n) is 3.43. The molecule has 1 aliphatic carbocycles. The van der Waals surface area contributed by atoms with Crippen LogP contribution in [0.3, 0.4) is 0 Å². The Morgan fingerprint density at radius 2 is 2.00 bits per heavy atom. The fourth-order valence-electron chi connectivity index (χ4n) is 2.15. The largest absolute Gasteiger partial charge is 0.321 e. The third kappa shape index (κ3) is 2.03. The number of halogens is 2. The van der Waals surface area contributed by atoms with Crippen LogP contribution in [0.4, 0.5) is 4.39 Å². The van der Waals surface area contributed by atoms with E-state index in [1.165, 1.54) is 6.42 Å². The molecule has 0 radical (unpaired) electrons. The monoisotopic (exact) mass is 285 g/mol. The molecule has 16 heavy (non-hydrogen) atoms. The molecule has 1 fully saturated rings. The zero-order valence-electron chi connectivity index (χ0n) is 9.69. The molecule has 0 saturated heterocycles. The van der Waals surface area contributed by atoms with Crippen LogP contribution in [-0.4, -0.2) is 0 Å². The SMILES string of the molecule is CC(C)(F)c1ccc(C2(N)CCC2)cc1Br. The van der Waals surface area contributed by atoms with Crippen molar-refractivity contribution in [3.63, 3.8) is 0 Å². The fraction of sp³-hybridized carbons (Fsp3) is 0.538. The van der Waals surface area contributed by atoms with Crippen molar-refractivity contribution < 1.29 is 4.39 Å². The van der Waals surface area contributed by atoms with E-state index in [4.69, 9.17) is 5.73 Å². The lowest BCUT2D eigenvalue weighted by Crippen LogP contribution is -2.43. The van der Waals surface area contributed by atoms with E-state index < -0.39 is 5.67 Å². The molecule has 1 saturated carbocycles. The first kappa shape index (κ1) is 12.1. The summed E-state index contributed by atoms with van der Waals surface area (Å²) in [4.78, 5) is 0. The first-order valence-electron chi connectivity index (χ1n) is 5.61. The van der Waals surface area contributed by atoms with Crippen LogP contribution in [0.5, 0.6) is 0 Å². The van der Waals surface area contributed by atoms with E-state index >= 15 is 0 Å². The Bertz CT molecular complexity index is 405. The zero-order chi connectivity index (χ0) is 12.0. The number of hydrogen-bond donors (Lipinski definition) is 1. The number of alkyl halides is 1. The van der Waals surface area contributed by atoms with Gasteiger partial charge in [-0.15, -0.1) is 0 Å². The lowest BCUT2D eigenvalue weighted by molar-refractivity contribution is 0.219. The van der Waals surface area contributed by atoms with Crippen LogP contribution in [0.2, 0.25) is 0 Å². The van der Waals surface area contributed by atoms with Gasteiger partial charge in [-0.1, -0.05) is 28.1 Å². The van der Waals surface area contributed by atoms with Crippen molar-refractivity contribution in [3.8, 4) is 0 Å². The molecule has 0 bridgehead atoms. The molecule has 0 spiro atoms. The maximum Gasteiger partial charge on any atom is 0.131 e. The molecule has 3 heteroatoms. The molecule has 0 atom stereocenters. The summed E-state index contributed by atoms with van der Waals surface area (Å²) < 4.78 is 14.7. The molecule has 1 nitrogen and oxygen atoms in total. The van der Waals surface area contributed by atoms with Crippen molar-refractivity contribution >= 4 is 15.9 Å². The van der Waals surface area contributed by atoms with Crippen molar-refractivity contribution in [2.75, 3.05) is 0 Å². The molecule has 0 aromatic heterocycles. The highest BCUT2D eigenvalue weighted by atomic mass is 79.9. The predicted octanol–water partition coefficient (Wildman–Crippen LogP) is 3.99. The van der Waals surface area contributed by atoms with Gasteiger partial charge >= 0.3 is 0 Å². The Kier molecular flexibility index (Phi) is 2.87. The maximum absolute atomic E-state index is 13.8. The van der Waals surface area contributed by atoms with Gasteiger partial charge in [0.1, 0.15) is 5.67 Å². The minimum absolute atomic E-state index is 0.179. The normalized spacial score (nSPS) is 19.3. The lowest BCUT2D eigenvalue weighted by atomic mass is 9.72. The summed E-state index contributed by atoms with van der Waals surface area (Å²) >= 11 is 3.43. The van der Waals surface area contributed by atoms with Gasteiger partial charge in [0.05, 0.1) is 0 Å². The third-order valence-corrected chi connectivity index (χ3v) is 4.09. The van der Waals surface area contributed by atoms with Crippen LogP contribution < -0.4 is 5.73 Å². The first-order valence-corrected chi connectivity index (χ1v) is 6.40. The van der Waals surface area contributed by atoms with Crippen LogP contribution in [0.15, 0.2) is 22.7 Å². The Labute approximate surface area is 104 Å². The van der Waals surface area contributed by atoms with Crippen LogP contribution in [0, 0.1) is 0 Å². The van der Waals surface area contributed by atoms with Crippen molar-refractivity contribution in [2.24, 2.45) is 5.73 Å². The Balaban J connectivity index is 2.37. The van der Waals surface area contributed by atoms with Crippen molar-refractivity contribution in [2.45, 2.75) is 44.3 Å². The molecule has 0 unspecified atom stereocenters. The molecule has 2 N–H and O–H groups in total. The molecule has 1 aromatic rings. The summed E-state index contributed by atoms with van der Waals surface area (Å²) in [5.74, 6) is 0. The van der Waals surface area contributed by atoms with Gasteiger partial charge < -0.3 is 5.73 Å². The quantitative estimate of drug-likeness (QED) is 0.874. The fourth-order valence-corrected chi connectivity index (χ4v) is 3.00. The van der Waals surface area contributed by atoms with E-state index in [2.05, 4.69) is 15.9 Å². The average molecular weight is 286 g/mol. The Morgan fingerprint density at radius 1 is 1.38 bits per heavy atom. The van der Waals surface area contributed by atoms with Crippen molar-refractivity contribution in [3.05, 3.63) is 33.8 Å². The first-order chi connectivity index (χ1) is 7.33. The highest BCUT2D eigenvalue weighted by Crippen LogP contribution is 2.41. The standard InChI is InChI=1S/C13H17BrFN/c1-12(2,15)10-5-4-9(8-11(10)14)13(16)6-3-7-13/h4-5,8H,3,6-7,16H2,1-2H3. The highest BCUT2D eigenvalue weighted by molar-refractivity contribution is 9.10. The zero-order valence-corrected chi connectivity index (χ0v) is 11.3. The topological polar surface area (TPSA) is 26.0 Å². The van der Waals surface area contributed by atoms with E-state index in [1.54, 1.807) is 13.8 Å². The van der Waals surface area contributed by atoms with E-state index in [-0.39, 0.29) is 5.54 Å². The summed E-state index contributed by atoms with van der Waals surface area (Å²) in [6, 6.07) is 5.77. The van der Waals surface area contributed by atoms with Crippen molar-refractivity contribution in [1.82, 2.24) is 0 Å². The minimum atomic E-state index is -1.32. The van der Waals surface area contributed by atoms with Gasteiger partial charge in [0.15, 0.2) is 0 Å². The van der Waals surface area contributed by atoms with E-state index in [0.29, 0.717) is 5.56 Å². The van der Waals surface area contributed by atoms with Gasteiger partial charge in [0.2, 0.25) is 0 Å². The van der Waals surface area contributed by atoms with Crippen LogP contribution in [0.1, 0.15) is 44.2 Å². The molecule has 2 rings (SSSR count). The van der Waals surface area contributed by atoms with Gasteiger partial charge in [0.25, 0.3) is 0 Å². The van der Waals surface area contributed by atoms with Crippen LogP contribution >= 0.6 is 15.9 Å². The predicted molar refractivity (Wildman–Crippen MR) is 68.0 cm³/mol. The molecule has 1 aliphatic rings. The highest BCUT2D eigenvalue weighted by Gasteiger charge is 2.35. The maximum atomic E-state index is 13.8. The number of benzene rings is 1. The van der Waals surface area contributed by atoms with E-state index in [1.807, 2.05) is 18.2 Å². The second-order valence-corrected chi connectivity index (χ2v) is 6.03. The number of hydrogen-bond acceptors (Lipinski definition) is 1. The summed E-state index contributed by atoms with van der Waals surface area (Å²) in [7, 11) is 0. The summed E-state index contributed by atoms with van der Waals surface area (Å²) in [6.07, 6.45) is 3.24. The Morgan fingerprint density at radius 3 is 2.38 bits per heavy atom. The van der Waals surface area contributed by atoms with Crippen LogP contribution in [0.25, 0.3) is 0 Å². The van der Waals surface area contributed by atoms with Gasteiger partial charge in [0, 0.05) is 15.6 Å². The molecular weight excluding hydrogens is 269 g/mol. The van der Waals surface area contributed by atoms with Gasteiger partial charge in [-0.3, -0.25) is 0 Å². The number of rotatable bonds is 2. The molecule has 0 aliphatic heterocycles. The summed E-state index contributed by atoms with van der Waals surface area (Å²) in [5, 5.41) is 0. The smallest absolute Gasteiger partial charge is 0.131 e. The van der Waals surface area contributed by atoms with Crippen molar-refractivity contribution in [1.29, 1.82) is 0 Å². The molecule has 0 heterocycles. The van der Waals surface area contributed by atoms with E-state index in [9.17, 15) is 4.39 Å². The minimum Gasteiger partial charge on any atom is -0.321 e. The summed E-state index contributed by atoms with van der Waals surface area (Å²) in [6.45, 7) is 3.13.